The van der Waals surface area contributed by atoms with Crippen molar-refractivity contribution in [2.24, 2.45) is 19.8 Å². The van der Waals surface area contributed by atoms with Crippen LogP contribution in [-0.4, -0.2) is 9.13 Å². The Kier molecular flexibility index (Phi) is 3.57. The molecule has 0 aliphatic carbocycles. The zero-order valence-electron chi connectivity index (χ0n) is 11.3. The van der Waals surface area contributed by atoms with Gasteiger partial charge in [0, 0.05) is 20.1 Å². The summed E-state index contributed by atoms with van der Waals surface area (Å²) in [5, 5.41) is 0. The molecule has 0 aliphatic rings. The van der Waals surface area contributed by atoms with Gasteiger partial charge in [0.2, 0.25) is 0 Å². The van der Waals surface area contributed by atoms with Gasteiger partial charge in [-0.25, -0.2) is 4.79 Å². The fourth-order valence-corrected chi connectivity index (χ4v) is 2.35. The molecule has 0 spiro atoms. The molecule has 4 nitrogen and oxygen atoms in total. The molecule has 0 aliphatic heterocycles. The molecule has 1 heterocycles. The monoisotopic (exact) mass is 247 g/mol. The number of nitrogens with zero attached hydrogens (tertiary/aromatic N) is 2. The Morgan fingerprint density at radius 1 is 1.22 bits per heavy atom. The highest BCUT2D eigenvalue weighted by Crippen LogP contribution is 2.21. The maximum atomic E-state index is 11.8. The minimum Gasteiger partial charge on any atom is -0.324 e. The largest absolute Gasteiger partial charge is 0.328 e. The van der Waals surface area contributed by atoms with Crippen molar-refractivity contribution in [1.29, 1.82) is 0 Å². The van der Waals surface area contributed by atoms with Gasteiger partial charge in [0.15, 0.2) is 0 Å². The van der Waals surface area contributed by atoms with Gasteiger partial charge in [-0.15, -0.1) is 0 Å². The van der Waals surface area contributed by atoms with Gasteiger partial charge < -0.3 is 5.73 Å². The van der Waals surface area contributed by atoms with Crippen molar-refractivity contribution in [1.82, 2.24) is 9.13 Å². The number of benzene rings is 1. The molecule has 4 heteroatoms. The zero-order valence-corrected chi connectivity index (χ0v) is 11.3. The third kappa shape index (κ3) is 2.08. The molecule has 0 saturated heterocycles. The van der Waals surface area contributed by atoms with E-state index >= 15 is 0 Å². The number of hydrogen-bond donors (Lipinski definition) is 1. The van der Waals surface area contributed by atoms with Crippen LogP contribution in [0.15, 0.2) is 23.0 Å². The Labute approximate surface area is 107 Å². The molecule has 2 rings (SSSR count). The molecule has 2 N–H and O–H groups in total. The van der Waals surface area contributed by atoms with Crippen LogP contribution in [0, 0.1) is 0 Å². The third-order valence-electron chi connectivity index (χ3n) is 3.59. The summed E-state index contributed by atoms with van der Waals surface area (Å²) in [5.74, 6) is 0. The van der Waals surface area contributed by atoms with E-state index in [4.69, 9.17) is 5.73 Å². The minimum absolute atomic E-state index is 0.00396. The first-order valence-electron chi connectivity index (χ1n) is 6.47. The number of hydrogen-bond acceptors (Lipinski definition) is 2. The Morgan fingerprint density at radius 2 is 1.89 bits per heavy atom. The van der Waals surface area contributed by atoms with Gasteiger partial charge in [-0.2, -0.15) is 0 Å². The van der Waals surface area contributed by atoms with Gasteiger partial charge in [0.25, 0.3) is 0 Å². The van der Waals surface area contributed by atoms with Crippen LogP contribution in [0.1, 0.15) is 37.8 Å². The molecule has 1 aromatic carbocycles. The van der Waals surface area contributed by atoms with Crippen LogP contribution in [0.3, 0.4) is 0 Å². The normalized spacial score (nSPS) is 13.1. The van der Waals surface area contributed by atoms with Gasteiger partial charge in [0.05, 0.1) is 11.0 Å². The fourth-order valence-electron chi connectivity index (χ4n) is 2.35. The van der Waals surface area contributed by atoms with Crippen molar-refractivity contribution >= 4 is 11.0 Å². The molecule has 98 valence electrons. The number of aromatic nitrogens is 2. The maximum Gasteiger partial charge on any atom is 0.328 e. The standard InChI is InChI=1S/C14H21N3O/c1-4-5-6-11(15)10-7-8-12-13(9-10)17(3)14(18)16(12)2/h7-9,11H,4-6,15H2,1-3H3. The number of fused-ring (bicyclic) bond motifs is 1. The molecular weight excluding hydrogens is 226 g/mol. The molecule has 0 saturated carbocycles. The highest BCUT2D eigenvalue weighted by atomic mass is 16.1. The molecule has 1 atom stereocenters. The van der Waals surface area contributed by atoms with Crippen molar-refractivity contribution in [3.8, 4) is 0 Å². The van der Waals surface area contributed by atoms with Crippen LogP contribution in [0.2, 0.25) is 0 Å². The van der Waals surface area contributed by atoms with Crippen LogP contribution in [0.5, 0.6) is 0 Å². The molecule has 0 amide bonds. The van der Waals surface area contributed by atoms with E-state index in [0.29, 0.717) is 0 Å². The Balaban J connectivity index is 2.44. The number of imidazole rings is 1. The van der Waals surface area contributed by atoms with E-state index in [2.05, 4.69) is 6.92 Å². The van der Waals surface area contributed by atoms with E-state index in [9.17, 15) is 4.79 Å². The van der Waals surface area contributed by atoms with Crippen LogP contribution in [0.4, 0.5) is 0 Å². The van der Waals surface area contributed by atoms with Gasteiger partial charge in [-0.1, -0.05) is 25.8 Å². The second kappa shape index (κ2) is 4.98. The van der Waals surface area contributed by atoms with Gasteiger partial charge in [-0.05, 0) is 24.1 Å². The van der Waals surface area contributed by atoms with E-state index in [-0.39, 0.29) is 11.7 Å². The summed E-state index contributed by atoms with van der Waals surface area (Å²) < 4.78 is 3.34. The number of rotatable bonds is 4. The predicted molar refractivity (Wildman–Crippen MR) is 74.6 cm³/mol. The van der Waals surface area contributed by atoms with Gasteiger partial charge in [0.1, 0.15) is 0 Å². The molecule has 0 fully saturated rings. The SMILES string of the molecule is CCCCC(N)c1ccc2c(c1)n(C)c(=O)n2C. The first-order chi connectivity index (χ1) is 8.56. The maximum absolute atomic E-state index is 11.8. The molecule has 1 aromatic heterocycles. The second-order valence-corrected chi connectivity index (χ2v) is 4.90. The lowest BCUT2D eigenvalue weighted by Crippen LogP contribution is -2.19. The predicted octanol–water partition coefficient (Wildman–Crippen LogP) is 2.07. The molecule has 1 unspecified atom stereocenters. The summed E-state index contributed by atoms with van der Waals surface area (Å²) in [7, 11) is 3.59. The third-order valence-corrected chi connectivity index (χ3v) is 3.59. The highest BCUT2D eigenvalue weighted by Gasteiger charge is 2.11. The van der Waals surface area contributed by atoms with Crippen molar-refractivity contribution < 1.29 is 0 Å². The lowest BCUT2D eigenvalue weighted by atomic mass is 10.0. The minimum atomic E-state index is 0.00396. The van der Waals surface area contributed by atoms with Crippen molar-refractivity contribution in [3.63, 3.8) is 0 Å². The van der Waals surface area contributed by atoms with E-state index in [0.717, 1.165) is 35.9 Å². The van der Waals surface area contributed by atoms with Crippen molar-refractivity contribution in [2.75, 3.05) is 0 Å². The Hall–Kier alpha value is -1.55. The molecule has 0 bridgehead atoms. The molecule has 18 heavy (non-hydrogen) atoms. The molecule has 2 aromatic rings. The van der Waals surface area contributed by atoms with Gasteiger partial charge in [-0.3, -0.25) is 9.13 Å². The zero-order chi connectivity index (χ0) is 13.3. The Bertz CT molecular complexity index is 609. The summed E-state index contributed by atoms with van der Waals surface area (Å²) in [4.78, 5) is 11.8. The average molecular weight is 247 g/mol. The summed E-state index contributed by atoms with van der Waals surface area (Å²) in [6.07, 6.45) is 3.27. The Morgan fingerprint density at radius 3 is 2.56 bits per heavy atom. The topological polar surface area (TPSA) is 52.9 Å². The highest BCUT2D eigenvalue weighted by molar-refractivity contribution is 5.77. The quantitative estimate of drug-likeness (QED) is 0.899. The van der Waals surface area contributed by atoms with E-state index in [1.165, 1.54) is 0 Å². The number of aryl methyl sites for hydroxylation is 2. The van der Waals surface area contributed by atoms with E-state index in [1.807, 2.05) is 18.2 Å². The van der Waals surface area contributed by atoms with Crippen molar-refractivity contribution in [3.05, 3.63) is 34.2 Å². The van der Waals surface area contributed by atoms with Crippen LogP contribution in [0.25, 0.3) is 11.0 Å². The average Bonchev–Trinajstić information content (AvgIpc) is 2.61. The van der Waals surface area contributed by atoms with Gasteiger partial charge >= 0.3 is 5.69 Å². The molecule has 0 radical (unpaired) electrons. The molecular formula is C14H21N3O. The first kappa shape index (κ1) is 12.9. The van der Waals surface area contributed by atoms with Crippen molar-refractivity contribution in [2.45, 2.75) is 32.2 Å². The first-order valence-corrected chi connectivity index (χ1v) is 6.47. The summed E-state index contributed by atoms with van der Waals surface area (Å²) in [6, 6.07) is 6.11. The van der Waals surface area contributed by atoms with Crippen LogP contribution in [-0.2, 0) is 14.1 Å². The summed E-state index contributed by atoms with van der Waals surface area (Å²) in [6.45, 7) is 2.16. The lowest BCUT2D eigenvalue weighted by molar-refractivity contribution is 0.604. The summed E-state index contributed by atoms with van der Waals surface area (Å²) in [5.41, 5.74) is 9.19. The summed E-state index contributed by atoms with van der Waals surface area (Å²) >= 11 is 0. The fraction of sp³-hybridized carbons (Fsp3) is 0.500. The number of unbranched alkanes of at least 4 members (excludes halogenated alkanes) is 1. The second-order valence-electron chi connectivity index (χ2n) is 4.90. The van der Waals surface area contributed by atoms with Crippen LogP contribution < -0.4 is 11.4 Å². The smallest absolute Gasteiger partial charge is 0.324 e. The van der Waals surface area contributed by atoms with E-state index < -0.39 is 0 Å². The van der Waals surface area contributed by atoms with E-state index in [1.54, 1.807) is 23.2 Å². The lowest BCUT2D eigenvalue weighted by Gasteiger charge is -2.11. The van der Waals surface area contributed by atoms with Crippen LogP contribution >= 0.6 is 0 Å². The number of nitrogens with two attached hydrogens (primary N) is 1.